The molecule has 0 aromatic carbocycles. The van der Waals surface area contributed by atoms with Crippen molar-refractivity contribution in [1.29, 1.82) is 0 Å². The van der Waals surface area contributed by atoms with Crippen LogP contribution < -0.4 is 5.32 Å². The molecule has 0 bridgehead atoms. The van der Waals surface area contributed by atoms with Crippen LogP contribution in [0.15, 0.2) is 0 Å². The molecule has 1 unspecified atom stereocenters. The molecule has 1 heterocycles. The molecule has 2 N–H and O–H groups in total. The largest absolute Gasteiger partial charge is 0.391 e. The number of nitrogens with one attached hydrogen (secondary N) is 1. The highest BCUT2D eigenvalue weighted by Gasteiger charge is 2.41. The van der Waals surface area contributed by atoms with E-state index in [1.54, 1.807) is 0 Å². The number of piperidine rings is 1. The SMILES string of the molecule is CC(C)CNCC(O)CN1CCC(C(F)(F)F)CC1. The van der Waals surface area contributed by atoms with Crippen molar-refractivity contribution in [3.05, 3.63) is 0 Å². The third-order valence-electron chi connectivity index (χ3n) is 3.45. The molecule has 0 aromatic rings. The fourth-order valence-electron chi connectivity index (χ4n) is 2.34. The number of aliphatic hydroxyl groups is 1. The van der Waals surface area contributed by atoms with E-state index in [0.29, 0.717) is 32.1 Å². The number of hydrogen-bond donors (Lipinski definition) is 2. The summed E-state index contributed by atoms with van der Waals surface area (Å²) in [4.78, 5) is 1.92. The molecule has 0 aromatic heterocycles. The van der Waals surface area contributed by atoms with Crippen LogP contribution in [-0.4, -0.2) is 55.0 Å². The topological polar surface area (TPSA) is 35.5 Å². The smallest absolute Gasteiger partial charge is 0.390 e. The lowest BCUT2D eigenvalue weighted by atomic mass is 9.96. The van der Waals surface area contributed by atoms with Gasteiger partial charge in [0.05, 0.1) is 12.0 Å². The number of hydrogen-bond acceptors (Lipinski definition) is 3. The van der Waals surface area contributed by atoms with Crippen LogP contribution in [0.5, 0.6) is 0 Å². The van der Waals surface area contributed by atoms with Gasteiger partial charge in [-0.3, -0.25) is 0 Å². The first-order valence-electron chi connectivity index (χ1n) is 6.97. The Morgan fingerprint density at radius 2 is 1.79 bits per heavy atom. The molecule has 114 valence electrons. The van der Waals surface area contributed by atoms with Gasteiger partial charge in [0, 0.05) is 13.1 Å². The summed E-state index contributed by atoms with van der Waals surface area (Å²) in [6, 6.07) is 0. The van der Waals surface area contributed by atoms with Crippen molar-refractivity contribution in [1.82, 2.24) is 10.2 Å². The first-order valence-corrected chi connectivity index (χ1v) is 6.97. The predicted octanol–water partition coefficient (Wildman–Crippen LogP) is 1.87. The Bertz CT molecular complexity index is 251. The Hall–Kier alpha value is -0.330. The molecule has 0 aliphatic carbocycles. The third-order valence-corrected chi connectivity index (χ3v) is 3.45. The average Bonchev–Trinajstić information content (AvgIpc) is 2.27. The Kier molecular flexibility index (Phi) is 6.56. The van der Waals surface area contributed by atoms with Gasteiger partial charge in [-0.2, -0.15) is 13.2 Å². The second-order valence-corrected chi connectivity index (χ2v) is 5.82. The molecule has 1 saturated heterocycles. The summed E-state index contributed by atoms with van der Waals surface area (Å²) >= 11 is 0. The molecular formula is C13H25F3N2O. The Labute approximate surface area is 113 Å². The van der Waals surface area contributed by atoms with Crippen LogP contribution in [0.1, 0.15) is 26.7 Å². The second-order valence-electron chi connectivity index (χ2n) is 5.82. The number of alkyl halides is 3. The predicted molar refractivity (Wildman–Crippen MR) is 68.9 cm³/mol. The quantitative estimate of drug-likeness (QED) is 0.780. The number of aliphatic hydroxyl groups excluding tert-OH is 1. The van der Waals surface area contributed by atoms with Gasteiger partial charge >= 0.3 is 6.18 Å². The lowest BCUT2D eigenvalue weighted by Crippen LogP contribution is -2.44. The number of likely N-dealkylation sites (tertiary alicyclic amines) is 1. The van der Waals surface area contributed by atoms with Crippen molar-refractivity contribution in [2.45, 2.75) is 39.0 Å². The van der Waals surface area contributed by atoms with E-state index in [2.05, 4.69) is 19.2 Å². The molecule has 1 aliphatic heterocycles. The second kappa shape index (κ2) is 7.45. The van der Waals surface area contributed by atoms with Crippen molar-refractivity contribution in [2.75, 3.05) is 32.7 Å². The maximum atomic E-state index is 12.5. The van der Waals surface area contributed by atoms with Crippen LogP contribution in [0.25, 0.3) is 0 Å². The lowest BCUT2D eigenvalue weighted by Gasteiger charge is -2.34. The molecule has 1 atom stereocenters. The number of rotatable bonds is 6. The van der Waals surface area contributed by atoms with Gasteiger partial charge in [0.25, 0.3) is 0 Å². The van der Waals surface area contributed by atoms with Crippen LogP contribution in [0, 0.1) is 11.8 Å². The summed E-state index contributed by atoms with van der Waals surface area (Å²) in [5.41, 5.74) is 0. The lowest BCUT2D eigenvalue weighted by molar-refractivity contribution is -0.185. The summed E-state index contributed by atoms with van der Waals surface area (Å²) in [5, 5.41) is 13.0. The molecule has 0 radical (unpaired) electrons. The molecule has 1 aliphatic rings. The highest BCUT2D eigenvalue weighted by atomic mass is 19.4. The highest BCUT2D eigenvalue weighted by Crippen LogP contribution is 2.33. The van der Waals surface area contributed by atoms with Crippen LogP contribution >= 0.6 is 0 Å². The van der Waals surface area contributed by atoms with Crippen LogP contribution in [-0.2, 0) is 0 Å². The molecule has 0 saturated carbocycles. The standard InChI is InChI=1S/C13H25F3N2O/c1-10(2)7-17-8-12(19)9-18-5-3-11(4-6-18)13(14,15)16/h10-12,17,19H,3-9H2,1-2H3. The minimum absolute atomic E-state index is 0.148. The minimum Gasteiger partial charge on any atom is -0.390 e. The van der Waals surface area contributed by atoms with Crippen LogP contribution in [0.3, 0.4) is 0 Å². The van der Waals surface area contributed by atoms with Gasteiger partial charge in [0.15, 0.2) is 0 Å². The fraction of sp³-hybridized carbons (Fsp3) is 1.00. The zero-order chi connectivity index (χ0) is 14.5. The summed E-state index contributed by atoms with van der Waals surface area (Å²) in [5.74, 6) is -0.644. The maximum Gasteiger partial charge on any atom is 0.391 e. The van der Waals surface area contributed by atoms with Crippen molar-refractivity contribution in [3.8, 4) is 0 Å². The van der Waals surface area contributed by atoms with Crippen molar-refractivity contribution in [3.63, 3.8) is 0 Å². The first kappa shape index (κ1) is 16.7. The van der Waals surface area contributed by atoms with Gasteiger partial charge in [-0.05, 0) is 38.4 Å². The first-order chi connectivity index (χ1) is 8.79. The molecule has 1 fully saturated rings. The molecule has 6 heteroatoms. The maximum absolute atomic E-state index is 12.5. The Morgan fingerprint density at radius 3 is 2.26 bits per heavy atom. The minimum atomic E-state index is -4.07. The summed E-state index contributed by atoms with van der Waals surface area (Å²) in [6.45, 7) is 6.81. The summed E-state index contributed by atoms with van der Waals surface area (Å²) in [6.07, 6.45) is -4.28. The van der Waals surface area contributed by atoms with E-state index in [1.807, 2.05) is 4.90 Å². The van der Waals surface area contributed by atoms with E-state index < -0.39 is 18.2 Å². The molecule has 0 spiro atoms. The van der Waals surface area contributed by atoms with Crippen molar-refractivity contribution in [2.24, 2.45) is 11.8 Å². The van der Waals surface area contributed by atoms with Gasteiger partial charge in [-0.1, -0.05) is 13.8 Å². The van der Waals surface area contributed by atoms with Crippen LogP contribution in [0.2, 0.25) is 0 Å². The summed E-state index contributed by atoms with van der Waals surface area (Å²) in [7, 11) is 0. The Balaban J connectivity index is 2.18. The van der Waals surface area contributed by atoms with Crippen LogP contribution in [0.4, 0.5) is 13.2 Å². The zero-order valence-corrected chi connectivity index (χ0v) is 11.7. The Morgan fingerprint density at radius 1 is 1.21 bits per heavy atom. The number of nitrogens with zero attached hydrogens (tertiary/aromatic N) is 1. The third kappa shape index (κ3) is 6.58. The van der Waals surface area contributed by atoms with Crippen molar-refractivity contribution < 1.29 is 18.3 Å². The van der Waals surface area contributed by atoms with Gasteiger partial charge in [0.1, 0.15) is 0 Å². The van der Waals surface area contributed by atoms with Gasteiger partial charge < -0.3 is 15.3 Å². The molecule has 1 rings (SSSR count). The van der Waals surface area contributed by atoms with Gasteiger partial charge in [-0.15, -0.1) is 0 Å². The van der Waals surface area contributed by atoms with E-state index in [0.717, 1.165) is 6.54 Å². The van der Waals surface area contributed by atoms with E-state index in [9.17, 15) is 18.3 Å². The molecular weight excluding hydrogens is 257 g/mol. The van der Waals surface area contributed by atoms with Gasteiger partial charge in [0.2, 0.25) is 0 Å². The fourth-order valence-corrected chi connectivity index (χ4v) is 2.34. The summed E-state index contributed by atoms with van der Waals surface area (Å²) < 4.78 is 37.5. The average molecular weight is 282 g/mol. The molecule has 0 amide bonds. The monoisotopic (exact) mass is 282 g/mol. The van der Waals surface area contributed by atoms with E-state index in [4.69, 9.17) is 0 Å². The van der Waals surface area contributed by atoms with E-state index in [1.165, 1.54) is 0 Å². The normalized spacial score (nSPS) is 21.0. The number of β-amino-alcohol motifs (C(OH)–C–C–N with tert-alkyl or cyclic N) is 1. The van der Waals surface area contributed by atoms with Crippen molar-refractivity contribution >= 4 is 0 Å². The number of halogens is 3. The zero-order valence-electron chi connectivity index (χ0n) is 11.7. The highest BCUT2D eigenvalue weighted by molar-refractivity contribution is 4.78. The van der Waals surface area contributed by atoms with E-state index >= 15 is 0 Å². The molecule has 3 nitrogen and oxygen atoms in total. The molecule has 19 heavy (non-hydrogen) atoms. The van der Waals surface area contributed by atoms with Gasteiger partial charge in [-0.25, -0.2) is 0 Å². The van der Waals surface area contributed by atoms with E-state index in [-0.39, 0.29) is 12.8 Å².